The fourth-order valence-corrected chi connectivity index (χ4v) is 0.804. The van der Waals surface area contributed by atoms with E-state index in [2.05, 4.69) is 0 Å². The Morgan fingerprint density at radius 3 is 1.40 bits per heavy atom. The van der Waals surface area contributed by atoms with Gasteiger partial charge in [-0.25, -0.2) is 0 Å². The molecule has 0 amide bonds. The highest BCUT2D eigenvalue weighted by molar-refractivity contribution is 6.18. The Hall–Kier alpha value is 0.460. The van der Waals surface area contributed by atoms with Crippen LogP contribution in [0.4, 0.5) is 0 Å². The van der Waals surface area contributed by atoms with E-state index in [0.29, 0.717) is 0 Å². The summed E-state index contributed by atoms with van der Waals surface area (Å²) in [5.74, 6) is -0.232. The van der Waals surface area contributed by atoms with Crippen LogP contribution in [-0.4, -0.2) is 45.4 Å². The molecule has 0 saturated carbocycles. The number of rotatable bonds is 4. The molecule has 3 N–H and O–H groups in total. The first-order valence-corrected chi connectivity index (χ1v) is 3.86. The van der Waals surface area contributed by atoms with Crippen LogP contribution in [0.3, 0.4) is 0 Å². The minimum absolute atomic E-state index is 0.116. The van der Waals surface area contributed by atoms with E-state index in [1.54, 1.807) is 0 Å². The molecule has 5 heteroatoms. The van der Waals surface area contributed by atoms with E-state index in [-0.39, 0.29) is 11.8 Å². The molecule has 0 radical (unpaired) electrons. The molecule has 0 saturated heterocycles. The van der Waals surface area contributed by atoms with Crippen LogP contribution in [-0.2, 0) is 0 Å². The van der Waals surface area contributed by atoms with Crippen molar-refractivity contribution in [2.24, 2.45) is 0 Å². The van der Waals surface area contributed by atoms with E-state index in [1.807, 2.05) is 0 Å². The molecular weight excluding hydrogens is 179 g/mol. The van der Waals surface area contributed by atoms with Crippen molar-refractivity contribution in [3.05, 3.63) is 0 Å². The van der Waals surface area contributed by atoms with Gasteiger partial charge < -0.3 is 15.3 Å². The van der Waals surface area contributed by atoms with E-state index < -0.39 is 18.3 Å². The van der Waals surface area contributed by atoms with E-state index >= 15 is 0 Å². The van der Waals surface area contributed by atoms with Crippen LogP contribution in [0, 0.1) is 0 Å². The number of hydrogen-bond donors (Lipinski definition) is 3. The maximum absolute atomic E-state index is 8.92. The Morgan fingerprint density at radius 1 is 0.900 bits per heavy atom. The summed E-state index contributed by atoms with van der Waals surface area (Å²) >= 11 is 10.4. The number of aliphatic hydroxyl groups is 3. The predicted octanol–water partition coefficient (Wildman–Crippen LogP) is -0.453. The van der Waals surface area contributed by atoms with Gasteiger partial charge in [-0.1, -0.05) is 0 Å². The quantitative estimate of drug-likeness (QED) is 0.524. The Labute approximate surface area is 69.2 Å². The highest BCUT2D eigenvalue weighted by Crippen LogP contribution is 2.03. The second kappa shape index (κ2) is 5.16. The van der Waals surface area contributed by atoms with Crippen molar-refractivity contribution >= 4 is 23.2 Å². The predicted molar refractivity (Wildman–Crippen MR) is 39.5 cm³/mol. The zero-order valence-electron chi connectivity index (χ0n) is 5.24. The summed E-state index contributed by atoms with van der Waals surface area (Å²) in [4.78, 5) is 0. The van der Waals surface area contributed by atoms with Crippen molar-refractivity contribution in [2.45, 2.75) is 18.3 Å². The number of aliphatic hydroxyl groups excluding tert-OH is 3. The summed E-state index contributed by atoms with van der Waals surface area (Å²) in [6, 6.07) is 0. The van der Waals surface area contributed by atoms with Crippen molar-refractivity contribution in [3.8, 4) is 0 Å². The van der Waals surface area contributed by atoms with E-state index in [9.17, 15) is 0 Å². The standard InChI is InChI=1S/C5H10Cl2O3/c6-1-3(8)5(10)4(9)2-7/h3-5,8-10H,1-2H2/t3-,4+,5?. The topological polar surface area (TPSA) is 60.7 Å². The van der Waals surface area contributed by atoms with Crippen LogP contribution < -0.4 is 0 Å². The normalized spacial score (nSPS) is 20.1. The molecule has 1 unspecified atom stereocenters. The summed E-state index contributed by atoms with van der Waals surface area (Å²) in [6.07, 6.45) is -3.49. The summed E-state index contributed by atoms with van der Waals surface area (Å²) in [5.41, 5.74) is 0. The first-order valence-electron chi connectivity index (χ1n) is 2.79. The molecule has 0 fully saturated rings. The van der Waals surface area contributed by atoms with Gasteiger partial charge in [0.05, 0.1) is 24.0 Å². The highest BCUT2D eigenvalue weighted by atomic mass is 35.5. The lowest BCUT2D eigenvalue weighted by Crippen LogP contribution is -2.39. The number of hydrogen-bond acceptors (Lipinski definition) is 3. The molecule has 3 atom stereocenters. The van der Waals surface area contributed by atoms with Crippen LogP contribution in [0.25, 0.3) is 0 Å². The zero-order valence-corrected chi connectivity index (χ0v) is 6.76. The molecule has 10 heavy (non-hydrogen) atoms. The molecule has 0 spiro atoms. The maximum atomic E-state index is 8.92. The van der Waals surface area contributed by atoms with Crippen molar-refractivity contribution in [3.63, 3.8) is 0 Å². The van der Waals surface area contributed by atoms with Gasteiger partial charge in [-0.2, -0.15) is 0 Å². The second-order valence-corrected chi connectivity index (χ2v) is 2.55. The largest absolute Gasteiger partial charge is 0.389 e. The van der Waals surface area contributed by atoms with E-state index in [0.717, 1.165) is 0 Å². The summed E-state index contributed by atoms with van der Waals surface area (Å²) in [5, 5.41) is 26.6. The van der Waals surface area contributed by atoms with Crippen LogP contribution in [0.2, 0.25) is 0 Å². The second-order valence-electron chi connectivity index (χ2n) is 1.93. The summed E-state index contributed by atoms with van der Waals surface area (Å²) < 4.78 is 0. The Balaban J connectivity index is 3.69. The highest BCUT2D eigenvalue weighted by Gasteiger charge is 2.22. The van der Waals surface area contributed by atoms with Crippen LogP contribution in [0.5, 0.6) is 0 Å². The third-order valence-electron chi connectivity index (χ3n) is 1.10. The van der Waals surface area contributed by atoms with Crippen LogP contribution in [0.1, 0.15) is 0 Å². The monoisotopic (exact) mass is 188 g/mol. The van der Waals surface area contributed by atoms with Gasteiger partial charge in [0.2, 0.25) is 0 Å². The van der Waals surface area contributed by atoms with Gasteiger partial charge in [-0.05, 0) is 0 Å². The average molecular weight is 189 g/mol. The van der Waals surface area contributed by atoms with Gasteiger partial charge in [-0.3, -0.25) is 0 Å². The summed E-state index contributed by atoms with van der Waals surface area (Å²) in [6.45, 7) is 0. The molecule has 0 aliphatic heterocycles. The molecular formula is C5H10Cl2O3. The van der Waals surface area contributed by atoms with Crippen molar-refractivity contribution in [1.82, 2.24) is 0 Å². The molecule has 0 bridgehead atoms. The third kappa shape index (κ3) is 3.03. The van der Waals surface area contributed by atoms with Gasteiger partial charge in [0.1, 0.15) is 6.10 Å². The maximum Gasteiger partial charge on any atom is 0.108 e. The van der Waals surface area contributed by atoms with E-state index in [1.165, 1.54) is 0 Å². The van der Waals surface area contributed by atoms with Crippen LogP contribution in [0.15, 0.2) is 0 Å². The molecule has 0 rings (SSSR count). The molecule has 62 valence electrons. The first kappa shape index (κ1) is 10.5. The Morgan fingerprint density at radius 2 is 1.20 bits per heavy atom. The SMILES string of the molecule is OC([C@H](O)CCl)[C@@H](O)CCl. The number of halogens is 2. The molecule has 0 heterocycles. The van der Waals surface area contributed by atoms with Gasteiger partial charge in [0.25, 0.3) is 0 Å². The van der Waals surface area contributed by atoms with Crippen molar-refractivity contribution in [1.29, 1.82) is 0 Å². The first-order chi connectivity index (χ1) is 4.63. The smallest absolute Gasteiger partial charge is 0.108 e. The molecule has 0 aromatic rings. The van der Waals surface area contributed by atoms with Crippen molar-refractivity contribution < 1.29 is 15.3 Å². The lowest BCUT2D eigenvalue weighted by atomic mass is 10.1. The zero-order chi connectivity index (χ0) is 8.15. The fourth-order valence-electron chi connectivity index (χ4n) is 0.439. The fraction of sp³-hybridized carbons (Fsp3) is 1.00. The third-order valence-corrected chi connectivity index (χ3v) is 1.74. The lowest BCUT2D eigenvalue weighted by molar-refractivity contribution is -0.0410. The lowest BCUT2D eigenvalue weighted by Gasteiger charge is -2.18. The Bertz CT molecular complexity index is 81.0. The van der Waals surface area contributed by atoms with Crippen LogP contribution >= 0.6 is 23.2 Å². The molecule has 0 aromatic carbocycles. The molecule has 0 aliphatic carbocycles. The van der Waals surface area contributed by atoms with Gasteiger partial charge in [0, 0.05) is 0 Å². The summed E-state index contributed by atoms with van der Waals surface area (Å²) in [7, 11) is 0. The van der Waals surface area contributed by atoms with Crippen molar-refractivity contribution in [2.75, 3.05) is 11.8 Å². The molecule has 0 aliphatic rings. The number of alkyl halides is 2. The Kier molecular flexibility index (Phi) is 5.39. The average Bonchev–Trinajstić information content (AvgIpc) is 2.00. The molecule has 3 nitrogen and oxygen atoms in total. The minimum Gasteiger partial charge on any atom is -0.389 e. The molecule has 0 aromatic heterocycles. The van der Waals surface area contributed by atoms with Gasteiger partial charge in [0.15, 0.2) is 0 Å². The van der Waals surface area contributed by atoms with E-state index in [4.69, 9.17) is 38.5 Å². The van der Waals surface area contributed by atoms with Gasteiger partial charge >= 0.3 is 0 Å². The van der Waals surface area contributed by atoms with Gasteiger partial charge in [-0.15, -0.1) is 23.2 Å². The minimum atomic E-state index is -1.25.